The number of carboxylic acid groups (broad SMARTS) is 1. The summed E-state index contributed by atoms with van der Waals surface area (Å²) in [7, 11) is 0. The van der Waals surface area contributed by atoms with E-state index in [1.165, 1.54) is 6.33 Å². The Morgan fingerprint density at radius 3 is 3.00 bits per heavy atom. The minimum atomic E-state index is -1.06. The first-order chi connectivity index (χ1) is 9.59. The molecule has 1 aliphatic rings. The monoisotopic (exact) mass is 276 g/mol. The second-order valence-corrected chi connectivity index (χ2v) is 5.10. The van der Waals surface area contributed by atoms with Gasteiger partial charge in [-0.05, 0) is 31.2 Å². The fourth-order valence-corrected chi connectivity index (χ4v) is 2.75. The molecular weight excluding hydrogens is 260 g/mol. The molecule has 0 radical (unpaired) electrons. The number of fused-ring (bicyclic) bond motifs is 1. The maximum atomic E-state index is 12.1. The molecule has 3 N–H and O–H groups in total. The largest absolute Gasteiger partial charge is 0.465 e. The lowest BCUT2D eigenvalue weighted by Gasteiger charge is -2.10. The number of rotatable bonds is 4. The Morgan fingerprint density at radius 2 is 2.35 bits per heavy atom. The minimum absolute atomic E-state index is 0.180. The highest BCUT2D eigenvalue weighted by Gasteiger charge is 2.31. The van der Waals surface area contributed by atoms with Gasteiger partial charge < -0.3 is 20.0 Å². The van der Waals surface area contributed by atoms with E-state index in [0.29, 0.717) is 23.5 Å². The van der Waals surface area contributed by atoms with Crippen molar-refractivity contribution in [2.75, 3.05) is 6.54 Å². The first kappa shape index (κ1) is 12.7. The molecule has 1 amide bonds. The Hall–Kier alpha value is -2.31. The van der Waals surface area contributed by atoms with Crippen LogP contribution in [0, 0.1) is 6.92 Å². The number of hydrogen-bond donors (Lipinski definition) is 3. The smallest absolute Gasteiger partial charge is 0.404 e. The van der Waals surface area contributed by atoms with E-state index in [1.54, 1.807) is 0 Å². The molecular formula is C13H16N4O3. The van der Waals surface area contributed by atoms with Gasteiger partial charge in [0.25, 0.3) is 5.56 Å². The van der Waals surface area contributed by atoms with Crippen molar-refractivity contribution in [2.24, 2.45) is 0 Å². The van der Waals surface area contributed by atoms with Gasteiger partial charge >= 0.3 is 6.09 Å². The molecule has 7 nitrogen and oxygen atoms in total. The van der Waals surface area contributed by atoms with E-state index in [2.05, 4.69) is 15.3 Å². The van der Waals surface area contributed by atoms with Crippen LogP contribution in [0.4, 0.5) is 4.79 Å². The third-order valence-electron chi connectivity index (χ3n) is 3.70. The molecule has 7 heteroatoms. The summed E-state index contributed by atoms with van der Waals surface area (Å²) in [4.78, 5) is 29.5. The van der Waals surface area contributed by atoms with E-state index in [4.69, 9.17) is 5.11 Å². The standard InChI is InChI=1S/C13H16N4O3/c1-7-9-11(12(18)16-6-15-9)17(5-4-14-13(19)20)10(7)8-2-3-8/h6,8,14H,2-5H2,1H3,(H,19,20)(H,15,16,18). The van der Waals surface area contributed by atoms with Crippen LogP contribution >= 0.6 is 0 Å². The number of carbonyl (C=O) groups is 1. The van der Waals surface area contributed by atoms with Gasteiger partial charge in [-0.1, -0.05) is 0 Å². The summed E-state index contributed by atoms with van der Waals surface area (Å²) in [5.74, 6) is 0.466. The fraction of sp³-hybridized carbons (Fsp3) is 0.462. The second kappa shape index (κ2) is 4.66. The van der Waals surface area contributed by atoms with Crippen molar-refractivity contribution < 1.29 is 9.90 Å². The molecule has 106 valence electrons. The van der Waals surface area contributed by atoms with Crippen LogP contribution in [0.15, 0.2) is 11.1 Å². The first-order valence-electron chi connectivity index (χ1n) is 6.62. The number of nitrogens with one attached hydrogen (secondary N) is 2. The third kappa shape index (κ3) is 2.04. The molecule has 0 saturated heterocycles. The normalized spacial score (nSPS) is 14.7. The highest BCUT2D eigenvalue weighted by molar-refractivity contribution is 5.80. The van der Waals surface area contributed by atoms with Gasteiger partial charge in [0.15, 0.2) is 0 Å². The van der Waals surface area contributed by atoms with Crippen LogP contribution in [-0.4, -0.2) is 32.3 Å². The summed E-state index contributed by atoms with van der Waals surface area (Å²) in [6.45, 7) is 2.69. The Morgan fingerprint density at radius 1 is 1.60 bits per heavy atom. The van der Waals surface area contributed by atoms with E-state index in [-0.39, 0.29) is 12.1 Å². The van der Waals surface area contributed by atoms with E-state index in [1.807, 2.05) is 11.5 Å². The van der Waals surface area contributed by atoms with E-state index >= 15 is 0 Å². The minimum Gasteiger partial charge on any atom is -0.465 e. The molecule has 1 fully saturated rings. The molecule has 3 rings (SSSR count). The van der Waals surface area contributed by atoms with E-state index < -0.39 is 6.09 Å². The molecule has 0 atom stereocenters. The molecule has 0 aromatic carbocycles. The molecule has 2 aromatic rings. The van der Waals surface area contributed by atoms with Crippen LogP contribution in [0.1, 0.15) is 30.0 Å². The average Bonchev–Trinajstić information content (AvgIpc) is 3.17. The van der Waals surface area contributed by atoms with Crippen molar-refractivity contribution >= 4 is 17.1 Å². The Bertz CT molecular complexity index is 727. The van der Waals surface area contributed by atoms with Crippen LogP contribution in [0.5, 0.6) is 0 Å². The molecule has 0 bridgehead atoms. The number of aromatic amines is 1. The van der Waals surface area contributed by atoms with Crippen LogP contribution in [0.3, 0.4) is 0 Å². The second-order valence-electron chi connectivity index (χ2n) is 5.10. The molecule has 0 aliphatic heterocycles. The first-order valence-corrected chi connectivity index (χ1v) is 6.62. The Labute approximate surface area is 114 Å². The molecule has 1 saturated carbocycles. The topological polar surface area (TPSA) is 100 Å². The highest BCUT2D eigenvalue weighted by atomic mass is 16.4. The van der Waals surface area contributed by atoms with Crippen molar-refractivity contribution in [3.8, 4) is 0 Å². The summed E-state index contributed by atoms with van der Waals surface area (Å²) < 4.78 is 1.92. The lowest BCUT2D eigenvalue weighted by atomic mass is 10.2. The van der Waals surface area contributed by atoms with E-state index in [9.17, 15) is 9.59 Å². The maximum Gasteiger partial charge on any atom is 0.404 e. The predicted octanol–water partition coefficient (Wildman–Crippen LogP) is 1.18. The number of aromatic nitrogens is 3. The van der Waals surface area contributed by atoms with Gasteiger partial charge in [0, 0.05) is 18.8 Å². The van der Waals surface area contributed by atoms with Crippen molar-refractivity contribution in [3.05, 3.63) is 27.9 Å². The van der Waals surface area contributed by atoms with Crippen LogP contribution in [0.2, 0.25) is 0 Å². The molecule has 20 heavy (non-hydrogen) atoms. The lowest BCUT2D eigenvalue weighted by molar-refractivity contribution is 0.194. The zero-order chi connectivity index (χ0) is 14.3. The van der Waals surface area contributed by atoms with Gasteiger partial charge in [0.1, 0.15) is 5.52 Å². The average molecular weight is 276 g/mol. The van der Waals surface area contributed by atoms with Crippen molar-refractivity contribution in [1.82, 2.24) is 19.9 Å². The molecule has 0 unspecified atom stereocenters. The summed E-state index contributed by atoms with van der Waals surface area (Å²) in [6, 6.07) is 0. The zero-order valence-electron chi connectivity index (χ0n) is 11.1. The quantitative estimate of drug-likeness (QED) is 0.780. The highest BCUT2D eigenvalue weighted by Crippen LogP contribution is 2.43. The van der Waals surface area contributed by atoms with Crippen molar-refractivity contribution in [1.29, 1.82) is 0 Å². The number of amides is 1. The predicted molar refractivity (Wildman–Crippen MR) is 73.1 cm³/mol. The van der Waals surface area contributed by atoms with Gasteiger partial charge in [-0.25, -0.2) is 9.78 Å². The van der Waals surface area contributed by atoms with Crippen LogP contribution < -0.4 is 10.9 Å². The van der Waals surface area contributed by atoms with Crippen LogP contribution in [0.25, 0.3) is 11.0 Å². The molecule has 1 aliphatic carbocycles. The number of H-pyrrole nitrogens is 1. The number of hydrogen-bond acceptors (Lipinski definition) is 3. The molecule has 2 heterocycles. The lowest BCUT2D eigenvalue weighted by Crippen LogP contribution is -2.26. The number of nitrogens with zero attached hydrogens (tertiary/aromatic N) is 2. The molecule has 0 spiro atoms. The maximum absolute atomic E-state index is 12.1. The van der Waals surface area contributed by atoms with Gasteiger partial charge in [-0.15, -0.1) is 0 Å². The third-order valence-corrected chi connectivity index (χ3v) is 3.70. The SMILES string of the molecule is Cc1c(C2CC2)n(CCNC(=O)O)c2c(=O)[nH]cnc12. The summed E-state index contributed by atoms with van der Waals surface area (Å²) in [5, 5.41) is 11.0. The van der Waals surface area contributed by atoms with E-state index in [0.717, 1.165) is 24.1 Å². The zero-order valence-corrected chi connectivity index (χ0v) is 11.1. The Kier molecular flexibility index (Phi) is 2.96. The fourth-order valence-electron chi connectivity index (χ4n) is 2.75. The van der Waals surface area contributed by atoms with Gasteiger partial charge in [-0.3, -0.25) is 4.79 Å². The van der Waals surface area contributed by atoms with Gasteiger partial charge in [0.05, 0.1) is 11.8 Å². The summed E-state index contributed by atoms with van der Waals surface area (Å²) in [6.07, 6.45) is 2.58. The van der Waals surface area contributed by atoms with Crippen molar-refractivity contribution in [2.45, 2.75) is 32.2 Å². The van der Waals surface area contributed by atoms with Crippen molar-refractivity contribution in [3.63, 3.8) is 0 Å². The number of aryl methyl sites for hydroxylation is 1. The summed E-state index contributed by atoms with van der Waals surface area (Å²) >= 11 is 0. The Balaban J connectivity index is 2.09. The molecule has 2 aromatic heterocycles. The van der Waals surface area contributed by atoms with Gasteiger partial charge in [-0.2, -0.15) is 0 Å². The summed E-state index contributed by atoms with van der Waals surface area (Å²) in [5.41, 5.74) is 3.23. The van der Waals surface area contributed by atoms with Crippen LogP contribution in [-0.2, 0) is 6.54 Å². The van der Waals surface area contributed by atoms with Gasteiger partial charge in [0.2, 0.25) is 0 Å².